The second kappa shape index (κ2) is 3.99. The summed E-state index contributed by atoms with van der Waals surface area (Å²) in [4.78, 5) is 0. The van der Waals surface area contributed by atoms with Gasteiger partial charge in [0.05, 0.1) is 0 Å². The quantitative estimate of drug-likeness (QED) is 0.639. The van der Waals surface area contributed by atoms with Crippen molar-refractivity contribution in [1.29, 1.82) is 0 Å². The van der Waals surface area contributed by atoms with Crippen molar-refractivity contribution in [3.05, 3.63) is 23.9 Å². The molecular weight excluding hydrogens is 158 g/mol. The highest BCUT2D eigenvalue weighted by atomic mass is 14.9. The summed E-state index contributed by atoms with van der Waals surface area (Å²) in [5, 5.41) is 3.66. The van der Waals surface area contributed by atoms with Gasteiger partial charge in [-0.2, -0.15) is 0 Å². The van der Waals surface area contributed by atoms with Gasteiger partial charge in [0, 0.05) is 11.7 Å². The molecule has 0 saturated heterocycles. The molecule has 2 rings (SSSR count). The van der Waals surface area contributed by atoms with Crippen LogP contribution in [0.5, 0.6) is 0 Å². The summed E-state index contributed by atoms with van der Waals surface area (Å²) in [7, 11) is 0. The Kier molecular flexibility index (Phi) is 2.72. The molecule has 0 radical (unpaired) electrons. The van der Waals surface area contributed by atoms with Crippen LogP contribution in [-0.4, -0.2) is 6.04 Å². The van der Waals surface area contributed by atoms with Gasteiger partial charge in [-0.05, 0) is 38.0 Å². The molecule has 13 heavy (non-hydrogen) atoms. The van der Waals surface area contributed by atoms with Gasteiger partial charge in [0.25, 0.3) is 0 Å². The van der Waals surface area contributed by atoms with Gasteiger partial charge in [-0.1, -0.05) is 25.2 Å². The van der Waals surface area contributed by atoms with Gasteiger partial charge in [-0.3, -0.25) is 0 Å². The van der Waals surface area contributed by atoms with Crippen LogP contribution < -0.4 is 5.32 Å². The minimum Gasteiger partial charge on any atom is -0.386 e. The highest BCUT2D eigenvalue weighted by Gasteiger charge is 2.15. The Balaban J connectivity index is 1.84. The van der Waals surface area contributed by atoms with Gasteiger partial charge in [-0.15, -0.1) is 0 Å². The first kappa shape index (κ1) is 8.86. The Morgan fingerprint density at radius 3 is 3.08 bits per heavy atom. The van der Waals surface area contributed by atoms with Gasteiger partial charge >= 0.3 is 0 Å². The van der Waals surface area contributed by atoms with Crippen LogP contribution in [-0.2, 0) is 0 Å². The fraction of sp³-hybridized carbons (Fsp3) is 0.667. The molecule has 0 saturated carbocycles. The van der Waals surface area contributed by atoms with E-state index in [0.717, 1.165) is 5.92 Å². The van der Waals surface area contributed by atoms with E-state index in [9.17, 15) is 0 Å². The molecule has 1 heteroatoms. The van der Waals surface area contributed by atoms with E-state index in [1.807, 2.05) is 0 Å². The van der Waals surface area contributed by atoms with Crippen molar-refractivity contribution < 1.29 is 0 Å². The van der Waals surface area contributed by atoms with Crippen molar-refractivity contribution in [2.75, 3.05) is 0 Å². The molecule has 0 bridgehead atoms. The van der Waals surface area contributed by atoms with Crippen LogP contribution in [0.2, 0.25) is 0 Å². The first-order chi connectivity index (χ1) is 6.34. The van der Waals surface area contributed by atoms with Crippen molar-refractivity contribution >= 4 is 0 Å². The highest BCUT2D eigenvalue weighted by Crippen LogP contribution is 2.21. The molecule has 0 aliphatic heterocycles. The van der Waals surface area contributed by atoms with Crippen LogP contribution >= 0.6 is 0 Å². The zero-order valence-electron chi connectivity index (χ0n) is 8.42. The minimum absolute atomic E-state index is 0.698. The van der Waals surface area contributed by atoms with Gasteiger partial charge in [0.1, 0.15) is 0 Å². The summed E-state index contributed by atoms with van der Waals surface area (Å²) >= 11 is 0. The zero-order valence-corrected chi connectivity index (χ0v) is 8.42. The van der Waals surface area contributed by atoms with E-state index in [1.54, 1.807) is 0 Å². The standard InChI is InChI=1S/C12H19N/c1-10-5-4-8-12(9-10)13-11-6-2-3-7-11/h4-6,10,12-13H,2-3,7-9H2,1H3. The lowest BCUT2D eigenvalue weighted by atomic mass is 9.93. The third-order valence-corrected chi connectivity index (χ3v) is 2.97. The lowest BCUT2D eigenvalue weighted by molar-refractivity contribution is 0.450. The molecule has 2 atom stereocenters. The van der Waals surface area contributed by atoms with Crippen molar-refractivity contribution in [2.45, 2.75) is 45.1 Å². The Morgan fingerprint density at radius 1 is 1.46 bits per heavy atom. The highest BCUT2D eigenvalue weighted by molar-refractivity contribution is 5.08. The second-order valence-electron chi connectivity index (χ2n) is 4.34. The van der Waals surface area contributed by atoms with E-state index in [0.29, 0.717) is 6.04 Å². The second-order valence-corrected chi connectivity index (χ2v) is 4.34. The molecule has 72 valence electrons. The monoisotopic (exact) mass is 177 g/mol. The Morgan fingerprint density at radius 2 is 2.38 bits per heavy atom. The predicted molar refractivity (Wildman–Crippen MR) is 56.4 cm³/mol. The number of hydrogen-bond acceptors (Lipinski definition) is 1. The van der Waals surface area contributed by atoms with Crippen LogP contribution in [0.3, 0.4) is 0 Å². The van der Waals surface area contributed by atoms with E-state index in [-0.39, 0.29) is 0 Å². The van der Waals surface area contributed by atoms with E-state index < -0.39 is 0 Å². The molecule has 0 amide bonds. The average molecular weight is 177 g/mol. The SMILES string of the molecule is CC1C=CCC(NC2=CCCC2)C1. The average Bonchev–Trinajstić information content (AvgIpc) is 2.57. The van der Waals surface area contributed by atoms with Crippen LogP contribution in [0, 0.1) is 5.92 Å². The van der Waals surface area contributed by atoms with Crippen molar-refractivity contribution in [2.24, 2.45) is 5.92 Å². The summed E-state index contributed by atoms with van der Waals surface area (Å²) in [6.45, 7) is 2.30. The van der Waals surface area contributed by atoms with Crippen molar-refractivity contribution in [1.82, 2.24) is 5.32 Å². The van der Waals surface area contributed by atoms with Crippen LogP contribution in [0.4, 0.5) is 0 Å². The first-order valence-electron chi connectivity index (χ1n) is 5.47. The molecular formula is C12H19N. The fourth-order valence-electron chi connectivity index (χ4n) is 2.28. The third-order valence-electron chi connectivity index (χ3n) is 2.97. The summed E-state index contributed by atoms with van der Waals surface area (Å²) in [6.07, 6.45) is 13.4. The molecule has 2 aliphatic carbocycles. The summed E-state index contributed by atoms with van der Waals surface area (Å²) in [6, 6.07) is 0.698. The van der Waals surface area contributed by atoms with Crippen molar-refractivity contribution in [3.63, 3.8) is 0 Å². The Bertz CT molecular complexity index is 227. The summed E-state index contributed by atoms with van der Waals surface area (Å²) in [5.74, 6) is 0.758. The minimum atomic E-state index is 0.698. The lowest BCUT2D eigenvalue weighted by Crippen LogP contribution is -2.30. The maximum absolute atomic E-state index is 3.66. The molecule has 1 nitrogen and oxygen atoms in total. The maximum Gasteiger partial charge on any atom is 0.0298 e. The van der Waals surface area contributed by atoms with Crippen molar-refractivity contribution in [3.8, 4) is 0 Å². The molecule has 2 unspecified atom stereocenters. The molecule has 2 aliphatic rings. The topological polar surface area (TPSA) is 12.0 Å². The molecule has 0 aromatic rings. The van der Waals surface area contributed by atoms with Crippen LogP contribution in [0.25, 0.3) is 0 Å². The largest absolute Gasteiger partial charge is 0.386 e. The number of nitrogens with one attached hydrogen (secondary N) is 1. The lowest BCUT2D eigenvalue weighted by Gasteiger charge is -2.24. The molecule has 0 fully saturated rings. The van der Waals surface area contributed by atoms with Crippen LogP contribution in [0.1, 0.15) is 39.0 Å². The summed E-state index contributed by atoms with van der Waals surface area (Å²) < 4.78 is 0. The maximum atomic E-state index is 3.66. The normalized spacial score (nSPS) is 33.2. The van der Waals surface area contributed by atoms with E-state index in [1.165, 1.54) is 37.8 Å². The fourth-order valence-corrected chi connectivity index (χ4v) is 2.28. The molecule has 1 N–H and O–H groups in total. The van der Waals surface area contributed by atoms with E-state index in [4.69, 9.17) is 0 Å². The third kappa shape index (κ3) is 2.36. The van der Waals surface area contributed by atoms with Gasteiger partial charge in [0.2, 0.25) is 0 Å². The van der Waals surface area contributed by atoms with Crippen LogP contribution in [0.15, 0.2) is 23.9 Å². The molecule has 0 aromatic carbocycles. The van der Waals surface area contributed by atoms with Gasteiger partial charge in [-0.25, -0.2) is 0 Å². The molecule has 0 aromatic heterocycles. The van der Waals surface area contributed by atoms with Gasteiger partial charge < -0.3 is 5.32 Å². The number of rotatable bonds is 2. The smallest absolute Gasteiger partial charge is 0.0298 e. The number of allylic oxidation sites excluding steroid dienone is 3. The Hall–Kier alpha value is -0.720. The number of hydrogen-bond donors (Lipinski definition) is 1. The van der Waals surface area contributed by atoms with E-state index >= 15 is 0 Å². The predicted octanol–water partition coefficient (Wildman–Crippen LogP) is 3.00. The first-order valence-corrected chi connectivity index (χ1v) is 5.47. The van der Waals surface area contributed by atoms with Gasteiger partial charge in [0.15, 0.2) is 0 Å². The van der Waals surface area contributed by atoms with E-state index in [2.05, 4.69) is 30.5 Å². The molecule has 0 spiro atoms. The zero-order chi connectivity index (χ0) is 9.10. The summed E-state index contributed by atoms with van der Waals surface area (Å²) in [5.41, 5.74) is 1.49. The Labute approximate surface area is 80.9 Å². The molecule has 0 heterocycles.